The molecule has 0 bridgehead atoms. The Morgan fingerprint density at radius 3 is 2.72 bits per heavy atom. The van der Waals surface area contributed by atoms with Gasteiger partial charge < -0.3 is 15.2 Å². The van der Waals surface area contributed by atoms with Crippen LogP contribution in [0.25, 0.3) is 10.8 Å². The van der Waals surface area contributed by atoms with Gasteiger partial charge in [-0.15, -0.1) is 0 Å². The third-order valence-corrected chi connectivity index (χ3v) is 4.31. The molecule has 0 unspecified atom stereocenters. The highest BCUT2D eigenvalue weighted by Gasteiger charge is 2.07. The van der Waals surface area contributed by atoms with Gasteiger partial charge in [-0.1, -0.05) is 54.6 Å². The number of hydrogen-bond donors (Lipinski definition) is 2. The van der Waals surface area contributed by atoms with Crippen molar-refractivity contribution < 1.29 is 9.84 Å². The number of ether oxygens (including phenoxy) is 1. The first kappa shape index (κ1) is 17.5. The van der Waals surface area contributed by atoms with Gasteiger partial charge in [-0.2, -0.15) is 0 Å². The van der Waals surface area contributed by atoms with E-state index < -0.39 is 6.10 Å². The van der Waals surface area contributed by atoms with Crippen LogP contribution in [0, 0.1) is 6.42 Å². The zero-order valence-electron chi connectivity index (χ0n) is 14.5. The van der Waals surface area contributed by atoms with E-state index in [0.717, 1.165) is 17.7 Å². The third-order valence-electron chi connectivity index (χ3n) is 4.31. The van der Waals surface area contributed by atoms with Crippen LogP contribution in [0.4, 0.5) is 0 Å². The van der Waals surface area contributed by atoms with Gasteiger partial charge in [0.15, 0.2) is 0 Å². The molecule has 0 spiro atoms. The molecule has 3 nitrogen and oxygen atoms in total. The van der Waals surface area contributed by atoms with E-state index in [1.807, 2.05) is 36.8 Å². The predicted octanol–water partition coefficient (Wildman–Crippen LogP) is 3.75. The summed E-state index contributed by atoms with van der Waals surface area (Å²) in [5.74, 6) is 0.849. The second-order valence-corrected chi connectivity index (χ2v) is 6.13. The molecule has 0 heterocycles. The minimum Gasteiger partial charge on any atom is -0.497 e. The van der Waals surface area contributed by atoms with Crippen molar-refractivity contribution in [2.75, 3.05) is 13.7 Å². The van der Waals surface area contributed by atoms with Crippen LogP contribution >= 0.6 is 0 Å². The first-order chi connectivity index (χ1) is 12.3. The predicted molar refractivity (Wildman–Crippen MR) is 103 cm³/mol. The number of hydrogen-bond acceptors (Lipinski definition) is 3. The Kier molecular flexibility index (Phi) is 6.04. The zero-order valence-corrected chi connectivity index (χ0v) is 14.5. The molecule has 0 fully saturated rings. The topological polar surface area (TPSA) is 41.5 Å². The molecule has 0 aliphatic carbocycles. The Labute approximate surface area is 149 Å². The van der Waals surface area contributed by atoms with Crippen LogP contribution in [0.1, 0.15) is 11.1 Å². The van der Waals surface area contributed by atoms with Crippen LogP contribution in [0.2, 0.25) is 0 Å². The van der Waals surface area contributed by atoms with Gasteiger partial charge in [0.1, 0.15) is 5.75 Å². The first-order valence-electron chi connectivity index (χ1n) is 8.58. The fourth-order valence-corrected chi connectivity index (χ4v) is 2.96. The van der Waals surface area contributed by atoms with Gasteiger partial charge in [-0.05, 0) is 46.9 Å². The second-order valence-electron chi connectivity index (χ2n) is 6.13. The van der Waals surface area contributed by atoms with E-state index in [1.54, 1.807) is 7.11 Å². The van der Waals surface area contributed by atoms with E-state index in [4.69, 9.17) is 4.74 Å². The fourth-order valence-electron chi connectivity index (χ4n) is 2.96. The van der Waals surface area contributed by atoms with E-state index in [9.17, 15) is 5.11 Å². The quantitative estimate of drug-likeness (QED) is 0.659. The van der Waals surface area contributed by atoms with Crippen molar-refractivity contribution in [3.8, 4) is 5.75 Å². The highest BCUT2D eigenvalue weighted by Crippen LogP contribution is 2.20. The van der Waals surface area contributed by atoms with Crippen LogP contribution in [0.5, 0.6) is 5.75 Å². The van der Waals surface area contributed by atoms with Crippen LogP contribution in [-0.2, 0) is 13.0 Å². The third kappa shape index (κ3) is 4.81. The Balaban J connectivity index is 1.48. The molecule has 3 aromatic carbocycles. The summed E-state index contributed by atoms with van der Waals surface area (Å²) in [7, 11) is 1.67. The lowest BCUT2D eigenvalue weighted by Gasteiger charge is -2.13. The number of aliphatic hydroxyl groups is 1. The summed E-state index contributed by atoms with van der Waals surface area (Å²) < 4.78 is 5.22. The van der Waals surface area contributed by atoms with Gasteiger partial charge in [0.2, 0.25) is 0 Å². The number of benzene rings is 3. The molecule has 3 rings (SSSR count). The van der Waals surface area contributed by atoms with Gasteiger partial charge in [0.25, 0.3) is 0 Å². The average Bonchev–Trinajstić information content (AvgIpc) is 2.66. The lowest BCUT2D eigenvalue weighted by molar-refractivity contribution is 0.200. The minimum atomic E-state index is -0.482. The Morgan fingerprint density at radius 2 is 1.84 bits per heavy atom. The number of rotatable bonds is 8. The lowest BCUT2D eigenvalue weighted by atomic mass is 9.99. The van der Waals surface area contributed by atoms with Crippen LogP contribution in [-0.4, -0.2) is 24.9 Å². The monoisotopic (exact) mass is 334 g/mol. The standard InChI is InChI=1S/C22H24NO2/c1-25-21-10-4-6-17(14-21)15-23-16-20(24)13-12-19-9-5-8-18-7-2-3-11-22(18)19/h2-11,13-14,20,23-24H,12,15-16H2,1H3/t20-/m1/s1. The van der Waals surface area contributed by atoms with Gasteiger partial charge in [0, 0.05) is 13.1 Å². The number of fused-ring (bicyclic) bond motifs is 1. The smallest absolute Gasteiger partial charge is 0.119 e. The zero-order chi connectivity index (χ0) is 17.5. The maximum absolute atomic E-state index is 10.2. The van der Waals surface area contributed by atoms with Crippen molar-refractivity contribution in [2.24, 2.45) is 0 Å². The molecular formula is C22H24NO2. The number of nitrogens with one attached hydrogen (secondary N) is 1. The molecule has 0 aliphatic rings. The van der Waals surface area contributed by atoms with Crippen LogP contribution in [0.3, 0.4) is 0 Å². The molecule has 1 atom stereocenters. The molecule has 129 valence electrons. The molecule has 0 amide bonds. The summed E-state index contributed by atoms with van der Waals surface area (Å²) >= 11 is 0. The van der Waals surface area contributed by atoms with E-state index >= 15 is 0 Å². The van der Waals surface area contributed by atoms with Gasteiger partial charge in [-0.3, -0.25) is 0 Å². The summed E-state index contributed by atoms with van der Waals surface area (Å²) in [6.07, 6.45) is 2.23. The Bertz CT molecular complexity index is 810. The first-order valence-corrected chi connectivity index (χ1v) is 8.58. The highest BCUT2D eigenvalue weighted by molar-refractivity contribution is 5.85. The SMILES string of the molecule is COc1cccc(CNC[C@H](O)[CH]Cc2cccc3ccccc23)c1. The highest BCUT2D eigenvalue weighted by atomic mass is 16.5. The Hall–Kier alpha value is -2.36. The lowest BCUT2D eigenvalue weighted by Crippen LogP contribution is -2.27. The van der Waals surface area contributed by atoms with Crippen LogP contribution in [0.15, 0.2) is 66.7 Å². The maximum Gasteiger partial charge on any atom is 0.119 e. The van der Waals surface area contributed by atoms with Crippen molar-refractivity contribution in [1.82, 2.24) is 5.32 Å². The molecule has 2 N–H and O–H groups in total. The maximum atomic E-state index is 10.2. The molecule has 3 aromatic rings. The largest absolute Gasteiger partial charge is 0.497 e. The molecule has 0 aromatic heterocycles. The summed E-state index contributed by atoms with van der Waals surface area (Å²) in [4.78, 5) is 0. The van der Waals surface area contributed by atoms with E-state index in [2.05, 4.69) is 41.7 Å². The van der Waals surface area contributed by atoms with Crippen molar-refractivity contribution in [3.63, 3.8) is 0 Å². The van der Waals surface area contributed by atoms with Crippen molar-refractivity contribution in [1.29, 1.82) is 0 Å². The van der Waals surface area contributed by atoms with E-state index in [-0.39, 0.29) is 0 Å². The molecule has 0 aliphatic heterocycles. The minimum absolute atomic E-state index is 0.482. The number of methoxy groups -OCH3 is 1. The second kappa shape index (κ2) is 8.65. The van der Waals surface area contributed by atoms with Crippen molar-refractivity contribution in [3.05, 3.63) is 84.3 Å². The molecule has 0 saturated carbocycles. The van der Waals surface area contributed by atoms with E-state index in [1.165, 1.54) is 16.3 Å². The fraction of sp³-hybridized carbons (Fsp3) is 0.227. The molecular weight excluding hydrogens is 310 g/mol. The molecule has 25 heavy (non-hydrogen) atoms. The Morgan fingerprint density at radius 1 is 1.04 bits per heavy atom. The molecule has 0 saturated heterocycles. The summed E-state index contributed by atoms with van der Waals surface area (Å²) in [5.41, 5.74) is 2.38. The molecule has 1 radical (unpaired) electrons. The van der Waals surface area contributed by atoms with Gasteiger partial charge in [0.05, 0.1) is 13.2 Å². The summed E-state index contributed by atoms with van der Waals surface area (Å²) in [5, 5.41) is 16.0. The van der Waals surface area contributed by atoms with Crippen LogP contribution < -0.4 is 10.1 Å². The average molecular weight is 334 g/mol. The molecule has 3 heteroatoms. The number of aliphatic hydroxyl groups excluding tert-OH is 1. The van der Waals surface area contributed by atoms with E-state index in [0.29, 0.717) is 13.1 Å². The summed E-state index contributed by atoms with van der Waals surface area (Å²) in [6.45, 7) is 1.23. The van der Waals surface area contributed by atoms with Crippen molar-refractivity contribution >= 4 is 10.8 Å². The normalized spacial score (nSPS) is 12.2. The summed E-state index contributed by atoms with van der Waals surface area (Å²) in [6, 6.07) is 22.6. The van der Waals surface area contributed by atoms with Gasteiger partial charge >= 0.3 is 0 Å². The van der Waals surface area contributed by atoms with Crippen molar-refractivity contribution in [2.45, 2.75) is 19.1 Å². The van der Waals surface area contributed by atoms with Gasteiger partial charge in [-0.25, -0.2) is 0 Å².